The van der Waals surface area contributed by atoms with Crippen LogP contribution in [-0.4, -0.2) is 57.8 Å². The number of nitrogens with one attached hydrogen (secondary N) is 2. The van der Waals surface area contributed by atoms with Gasteiger partial charge >= 0.3 is 0 Å². The van der Waals surface area contributed by atoms with Crippen molar-refractivity contribution in [2.45, 2.75) is 37.8 Å². The molecule has 1 fully saturated rings. The Hall–Kier alpha value is -2.72. The Balaban J connectivity index is 1.33. The number of para-hydroxylation sites is 2. The quantitative estimate of drug-likeness (QED) is 0.590. The zero-order valence-corrected chi connectivity index (χ0v) is 17.7. The van der Waals surface area contributed by atoms with Crippen LogP contribution in [0, 0.1) is 5.92 Å². The van der Waals surface area contributed by atoms with Crippen LogP contribution in [0.4, 0.5) is 0 Å². The van der Waals surface area contributed by atoms with E-state index in [9.17, 15) is 13.2 Å². The Bertz CT molecular complexity index is 1100. The van der Waals surface area contributed by atoms with Crippen LogP contribution < -0.4 is 5.32 Å². The minimum Gasteiger partial charge on any atom is -0.355 e. The molecule has 160 valence electrons. The molecular formula is C20H26N6O3S. The fourth-order valence-electron chi connectivity index (χ4n) is 3.73. The fraction of sp³-hybridized carbons (Fsp3) is 0.450. The van der Waals surface area contributed by atoms with Crippen LogP contribution >= 0.6 is 0 Å². The van der Waals surface area contributed by atoms with Crippen LogP contribution in [0.3, 0.4) is 0 Å². The lowest BCUT2D eigenvalue weighted by molar-refractivity contribution is -0.126. The van der Waals surface area contributed by atoms with Gasteiger partial charge in [0, 0.05) is 38.8 Å². The molecule has 3 aromatic rings. The number of sulfonamides is 1. The predicted molar refractivity (Wildman–Crippen MR) is 112 cm³/mol. The normalized spacial score (nSPS) is 18.0. The second-order valence-corrected chi connectivity index (χ2v) is 9.37. The van der Waals surface area contributed by atoms with Gasteiger partial charge in [0.2, 0.25) is 5.91 Å². The van der Waals surface area contributed by atoms with Crippen LogP contribution in [0.5, 0.6) is 0 Å². The van der Waals surface area contributed by atoms with Gasteiger partial charge in [-0.2, -0.15) is 4.31 Å². The van der Waals surface area contributed by atoms with Crippen molar-refractivity contribution in [3.8, 4) is 0 Å². The molecule has 1 unspecified atom stereocenters. The van der Waals surface area contributed by atoms with Crippen molar-refractivity contribution < 1.29 is 13.2 Å². The van der Waals surface area contributed by atoms with Gasteiger partial charge in [0.05, 0.1) is 23.3 Å². The van der Waals surface area contributed by atoms with Crippen molar-refractivity contribution in [1.82, 2.24) is 29.1 Å². The number of imidazole rings is 2. The van der Waals surface area contributed by atoms with Crippen molar-refractivity contribution in [2.75, 3.05) is 19.6 Å². The van der Waals surface area contributed by atoms with Gasteiger partial charge in [0.1, 0.15) is 5.82 Å². The van der Waals surface area contributed by atoms with Gasteiger partial charge in [-0.15, -0.1) is 0 Å². The molecule has 2 aromatic heterocycles. The summed E-state index contributed by atoms with van der Waals surface area (Å²) in [6.45, 7) is 3.61. The SMILES string of the molecule is CCn1cnc(S(=O)(=O)N2CCCC(C(=O)NCCc3nc4ccccc4[nH]3)C2)c1. The highest BCUT2D eigenvalue weighted by Crippen LogP contribution is 2.23. The maximum absolute atomic E-state index is 12.9. The van der Waals surface area contributed by atoms with Crippen LogP contribution in [0.2, 0.25) is 0 Å². The van der Waals surface area contributed by atoms with E-state index in [1.165, 1.54) is 16.8 Å². The van der Waals surface area contributed by atoms with Gasteiger partial charge in [-0.1, -0.05) is 12.1 Å². The molecule has 30 heavy (non-hydrogen) atoms. The second kappa shape index (κ2) is 8.57. The number of aryl methyl sites for hydroxylation is 1. The molecule has 0 bridgehead atoms. The molecule has 1 aliphatic rings. The number of amides is 1. The van der Waals surface area contributed by atoms with Gasteiger partial charge in [0.15, 0.2) is 5.03 Å². The number of nitrogens with zero attached hydrogens (tertiary/aromatic N) is 4. The third kappa shape index (κ3) is 4.24. The molecule has 1 aliphatic heterocycles. The van der Waals surface area contributed by atoms with Crippen molar-refractivity contribution in [2.24, 2.45) is 5.92 Å². The molecule has 4 rings (SSSR count). The number of fused-ring (bicyclic) bond motifs is 1. The number of hydrogen-bond donors (Lipinski definition) is 2. The minimum absolute atomic E-state index is 0.0373. The van der Waals surface area contributed by atoms with E-state index in [-0.39, 0.29) is 23.4 Å². The summed E-state index contributed by atoms with van der Waals surface area (Å²) < 4.78 is 28.8. The van der Waals surface area contributed by atoms with E-state index in [4.69, 9.17) is 0 Å². The summed E-state index contributed by atoms with van der Waals surface area (Å²) >= 11 is 0. The Labute approximate surface area is 175 Å². The zero-order chi connectivity index (χ0) is 21.1. The highest BCUT2D eigenvalue weighted by Gasteiger charge is 2.34. The zero-order valence-electron chi connectivity index (χ0n) is 16.9. The number of aromatic amines is 1. The van der Waals surface area contributed by atoms with Gasteiger partial charge < -0.3 is 14.9 Å². The second-order valence-electron chi connectivity index (χ2n) is 7.49. The molecule has 2 N–H and O–H groups in total. The van der Waals surface area contributed by atoms with E-state index in [0.29, 0.717) is 38.9 Å². The monoisotopic (exact) mass is 430 g/mol. The topological polar surface area (TPSA) is 113 Å². The van der Waals surface area contributed by atoms with E-state index in [1.54, 1.807) is 4.57 Å². The molecule has 3 heterocycles. The summed E-state index contributed by atoms with van der Waals surface area (Å²) in [6, 6.07) is 7.78. The number of hydrogen-bond acceptors (Lipinski definition) is 5. The minimum atomic E-state index is -3.69. The van der Waals surface area contributed by atoms with Crippen LogP contribution in [0.15, 0.2) is 41.8 Å². The van der Waals surface area contributed by atoms with Gasteiger partial charge in [0.25, 0.3) is 10.0 Å². The highest BCUT2D eigenvalue weighted by atomic mass is 32.2. The third-order valence-electron chi connectivity index (χ3n) is 5.43. The molecule has 1 atom stereocenters. The summed E-state index contributed by atoms with van der Waals surface area (Å²) in [7, 11) is -3.69. The van der Waals surface area contributed by atoms with Crippen molar-refractivity contribution in [3.63, 3.8) is 0 Å². The number of H-pyrrole nitrogens is 1. The van der Waals surface area contributed by atoms with E-state index < -0.39 is 10.0 Å². The summed E-state index contributed by atoms with van der Waals surface area (Å²) in [5, 5.41) is 2.97. The number of carbonyl (C=O) groups excluding carboxylic acids is 1. The first-order valence-electron chi connectivity index (χ1n) is 10.2. The van der Waals surface area contributed by atoms with Crippen molar-refractivity contribution in [3.05, 3.63) is 42.6 Å². The number of aromatic nitrogens is 4. The Kier molecular flexibility index (Phi) is 5.87. The number of benzene rings is 1. The molecule has 0 radical (unpaired) electrons. The fourth-order valence-corrected chi connectivity index (χ4v) is 5.18. The van der Waals surface area contributed by atoms with Crippen molar-refractivity contribution in [1.29, 1.82) is 0 Å². The summed E-state index contributed by atoms with van der Waals surface area (Å²) in [6.07, 6.45) is 4.95. The summed E-state index contributed by atoms with van der Waals surface area (Å²) in [4.78, 5) is 24.4. The molecule has 9 nitrogen and oxygen atoms in total. The summed E-state index contributed by atoms with van der Waals surface area (Å²) in [5.74, 6) is 0.332. The Morgan fingerprint density at radius 2 is 2.17 bits per heavy atom. The van der Waals surface area contributed by atoms with Crippen LogP contribution in [0.25, 0.3) is 11.0 Å². The lowest BCUT2D eigenvalue weighted by Gasteiger charge is -2.30. The average Bonchev–Trinajstić information content (AvgIpc) is 3.40. The Morgan fingerprint density at radius 3 is 2.93 bits per heavy atom. The van der Waals surface area contributed by atoms with E-state index in [2.05, 4.69) is 20.3 Å². The average molecular weight is 431 g/mol. The largest absolute Gasteiger partial charge is 0.355 e. The number of piperidine rings is 1. The van der Waals surface area contributed by atoms with Gasteiger partial charge in [-0.25, -0.2) is 18.4 Å². The lowest BCUT2D eigenvalue weighted by atomic mass is 9.99. The molecule has 0 saturated carbocycles. The van der Waals surface area contributed by atoms with E-state index >= 15 is 0 Å². The Morgan fingerprint density at radius 1 is 1.33 bits per heavy atom. The standard InChI is InChI=1S/C20H26N6O3S/c1-2-25-13-19(22-14-25)30(28,29)26-11-5-6-15(12-26)20(27)21-10-9-18-23-16-7-3-4-8-17(16)24-18/h3-4,7-8,13-15H,2,5-6,9-12H2,1H3,(H,21,27)(H,23,24). The van der Waals surface area contributed by atoms with E-state index in [1.807, 2.05) is 31.2 Å². The van der Waals surface area contributed by atoms with Gasteiger partial charge in [-0.3, -0.25) is 4.79 Å². The third-order valence-corrected chi connectivity index (χ3v) is 7.18. The van der Waals surface area contributed by atoms with Crippen molar-refractivity contribution >= 4 is 27.0 Å². The van der Waals surface area contributed by atoms with Crippen LogP contribution in [0.1, 0.15) is 25.6 Å². The first kappa shape index (κ1) is 20.5. The smallest absolute Gasteiger partial charge is 0.262 e. The first-order valence-corrected chi connectivity index (χ1v) is 11.6. The van der Waals surface area contributed by atoms with Crippen LogP contribution in [-0.2, 0) is 27.8 Å². The molecular weight excluding hydrogens is 404 g/mol. The maximum Gasteiger partial charge on any atom is 0.262 e. The van der Waals surface area contributed by atoms with E-state index in [0.717, 1.165) is 16.9 Å². The molecule has 0 aliphatic carbocycles. The van der Waals surface area contributed by atoms with Gasteiger partial charge in [-0.05, 0) is 31.9 Å². The highest BCUT2D eigenvalue weighted by molar-refractivity contribution is 7.89. The molecule has 1 aromatic carbocycles. The predicted octanol–water partition coefficient (Wildman–Crippen LogP) is 1.54. The molecule has 10 heteroatoms. The first-order chi connectivity index (χ1) is 14.5. The number of carbonyl (C=O) groups is 1. The molecule has 1 amide bonds. The maximum atomic E-state index is 12.9. The number of rotatable bonds is 7. The lowest BCUT2D eigenvalue weighted by Crippen LogP contribution is -2.45. The molecule has 1 saturated heterocycles. The molecule has 0 spiro atoms. The summed E-state index contributed by atoms with van der Waals surface area (Å²) in [5.41, 5.74) is 1.87.